The van der Waals surface area contributed by atoms with Crippen molar-refractivity contribution in [3.63, 3.8) is 0 Å². The number of hydrogen-bond donors (Lipinski definition) is 2. The molecule has 0 aliphatic rings. The maximum absolute atomic E-state index is 12.4. The summed E-state index contributed by atoms with van der Waals surface area (Å²) >= 11 is 0. The summed E-state index contributed by atoms with van der Waals surface area (Å²) in [7, 11) is -3.92. The number of aromatic amines is 1. The van der Waals surface area contributed by atoms with Crippen LogP contribution in [0.1, 0.15) is 11.1 Å². The second kappa shape index (κ2) is 10.4. The Hall–Kier alpha value is -3.50. The van der Waals surface area contributed by atoms with E-state index in [0.717, 1.165) is 22.0 Å². The Morgan fingerprint density at radius 2 is 1.71 bits per heavy atom. The topological polar surface area (TPSA) is 80.4 Å². The summed E-state index contributed by atoms with van der Waals surface area (Å²) in [6.07, 6.45) is -1.84. The van der Waals surface area contributed by atoms with E-state index in [0.29, 0.717) is 19.5 Å². The first-order valence-corrected chi connectivity index (χ1v) is 12.2. The van der Waals surface area contributed by atoms with E-state index in [9.17, 15) is 21.6 Å². The number of ether oxygens (including phenoxy) is 1. The molecule has 4 aromatic rings. The molecule has 0 radical (unpaired) electrons. The van der Waals surface area contributed by atoms with Crippen molar-refractivity contribution in [2.45, 2.75) is 24.0 Å². The molecule has 0 unspecified atom stereocenters. The fraction of sp³-hybridized carbons (Fsp3) is 0.200. The van der Waals surface area contributed by atoms with Crippen LogP contribution in [0.5, 0.6) is 11.5 Å². The van der Waals surface area contributed by atoms with Crippen molar-refractivity contribution < 1.29 is 30.5 Å². The zero-order chi connectivity index (χ0) is 24.9. The molecular weight excluding hydrogens is 481 g/mol. The number of rotatable bonds is 10. The lowest BCUT2D eigenvalue weighted by molar-refractivity contribution is -0.153. The van der Waals surface area contributed by atoms with Crippen LogP contribution in [0.3, 0.4) is 0 Å². The monoisotopic (exact) mass is 504 g/mol. The van der Waals surface area contributed by atoms with Crippen molar-refractivity contribution in [3.05, 3.63) is 90.1 Å². The molecule has 1 aromatic heterocycles. The first-order chi connectivity index (χ1) is 16.7. The molecule has 6 nitrogen and oxygen atoms in total. The van der Waals surface area contributed by atoms with Crippen LogP contribution in [0.25, 0.3) is 10.9 Å². The fourth-order valence-corrected chi connectivity index (χ4v) is 4.50. The van der Waals surface area contributed by atoms with E-state index in [1.807, 2.05) is 12.3 Å². The second-order valence-corrected chi connectivity index (χ2v) is 9.40. The average Bonchev–Trinajstić information content (AvgIpc) is 3.23. The van der Waals surface area contributed by atoms with Crippen LogP contribution < -0.4 is 14.2 Å². The van der Waals surface area contributed by atoms with Gasteiger partial charge >= 0.3 is 16.3 Å². The van der Waals surface area contributed by atoms with Gasteiger partial charge in [-0.3, -0.25) is 0 Å². The zero-order valence-corrected chi connectivity index (χ0v) is 19.3. The number of alkyl halides is 3. The van der Waals surface area contributed by atoms with E-state index in [1.54, 1.807) is 48.5 Å². The number of H-pyrrole nitrogens is 1. The van der Waals surface area contributed by atoms with Crippen LogP contribution in [-0.2, 0) is 23.1 Å². The van der Waals surface area contributed by atoms with Crippen molar-refractivity contribution in [3.8, 4) is 11.5 Å². The van der Waals surface area contributed by atoms with Gasteiger partial charge in [-0.1, -0.05) is 30.3 Å². The van der Waals surface area contributed by atoms with Crippen LogP contribution in [0, 0.1) is 0 Å². The molecule has 3 aromatic carbocycles. The summed E-state index contributed by atoms with van der Waals surface area (Å²) in [6, 6.07) is 19.5. The standard InChI is InChI=1S/C25H23F3N2O4S/c26-25(27,28)17-33-20-6-4-5-18(13-20)15-29-12-11-19-16-30-24-14-21(9-10-23(19)24)34-35(31,32)22-7-2-1-3-8-22/h1-10,13-14,16,29-30H,11-12,15,17H2. The van der Waals surface area contributed by atoms with Crippen molar-refractivity contribution >= 4 is 21.0 Å². The van der Waals surface area contributed by atoms with Crippen LogP contribution >= 0.6 is 0 Å². The van der Waals surface area contributed by atoms with Crippen molar-refractivity contribution in [2.75, 3.05) is 13.2 Å². The van der Waals surface area contributed by atoms with Crippen molar-refractivity contribution in [1.82, 2.24) is 10.3 Å². The van der Waals surface area contributed by atoms with Gasteiger partial charge in [0.1, 0.15) is 16.4 Å². The van der Waals surface area contributed by atoms with Gasteiger partial charge in [0.15, 0.2) is 6.61 Å². The Labute approximate surface area is 200 Å². The minimum atomic E-state index is -4.38. The van der Waals surface area contributed by atoms with Crippen molar-refractivity contribution in [1.29, 1.82) is 0 Å². The maximum Gasteiger partial charge on any atom is 0.422 e. The summed E-state index contributed by atoms with van der Waals surface area (Å²) in [5, 5.41) is 4.21. The molecule has 0 spiro atoms. The Kier molecular flexibility index (Phi) is 7.32. The van der Waals surface area contributed by atoms with Gasteiger partial charge in [-0.2, -0.15) is 21.6 Å². The second-order valence-electron chi connectivity index (χ2n) is 7.85. The summed E-state index contributed by atoms with van der Waals surface area (Å²) in [5.74, 6) is 0.381. The first kappa shape index (κ1) is 24.6. The average molecular weight is 505 g/mol. The SMILES string of the molecule is O=S(=O)(Oc1ccc2c(CCNCc3cccc(OCC(F)(F)F)c3)c[nH]c2c1)c1ccccc1. The largest absolute Gasteiger partial charge is 0.484 e. The summed E-state index contributed by atoms with van der Waals surface area (Å²) in [4.78, 5) is 3.21. The highest BCUT2D eigenvalue weighted by Crippen LogP contribution is 2.26. The molecule has 0 atom stereocenters. The molecule has 0 fully saturated rings. The lowest BCUT2D eigenvalue weighted by Crippen LogP contribution is -2.19. The van der Waals surface area contributed by atoms with E-state index < -0.39 is 22.9 Å². The lowest BCUT2D eigenvalue weighted by atomic mass is 10.1. The van der Waals surface area contributed by atoms with E-state index in [-0.39, 0.29) is 16.4 Å². The highest BCUT2D eigenvalue weighted by Gasteiger charge is 2.28. The normalized spacial score (nSPS) is 12.1. The van der Waals surface area contributed by atoms with E-state index in [4.69, 9.17) is 8.92 Å². The number of fused-ring (bicyclic) bond motifs is 1. The summed E-state index contributed by atoms with van der Waals surface area (Å²) in [5.41, 5.74) is 2.59. The molecule has 0 saturated carbocycles. The highest BCUT2D eigenvalue weighted by atomic mass is 32.2. The molecule has 0 aliphatic heterocycles. The predicted molar refractivity (Wildman–Crippen MR) is 126 cm³/mol. The number of halogens is 3. The third-order valence-corrected chi connectivity index (χ3v) is 6.44. The molecule has 184 valence electrons. The molecule has 1 heterocycles. The van der Waals surface area contributed by atoms with Crippen LogP contribution in [-0.4, -0.2) is 32.7 Å². The number of benzene rings is 3. The van der Waals surface area contributed by atoms with Gasteiger partial charge in [-0.15, -0.1) is 0 Å². The number of aromatic nitrogens is 1. The summed E-state index contributed by atoms with van der Waals surface area (Å²) in [6.45, 7) is -0.225. The van der Waals surface area contributed by atoms with E-state index in [1.165, 1.54) is 18.2 Å². The Bertz CT molecular complexity index is 1390. The minimum absolute atomic E-state index is 0.0794. The van der Waals surface area contributed by atoms with Gasteiger partial charge < -0.3 is 19.2 Å². The van der Waals surface area contributed by atoms with Crippen LogP contribution in [0.2, 0.25) is 0 Å². The predicted octanol–water partition coefficient (Wildman–Crippen LogP) is 5.21. The molecule has 0 saturated heterocycles. The lowest BCUT2D eigenvalue weighted by Gasteiger charge is -2.10. The first-order valence-electron chi connectivity index (χ1n) is 10.8. The highest BCUT2D eigenvalue weighted by molar-refractivity contribution is 7.87. The van der Waals surface area contributed by atoms with Crippen LogP contribution in [0.4, 0.5) is 13.2 Å². The van der Waals surface area contributed by atoms with Crippen LogP contribution in [0.15, 0.2) is 83.9 Å². The number of nitrogens with one attached hydrogen (secondary N) is 2. The Morgan fingerprint density at radius 1 is 0.914 bits per heavy atom. The van der Waals surface area contributed by atoms with E-state index >= 15 is 0 Å². The fourth-order valence-electron chi connectivity index (χ4n) is 3.55. The quantitative estimate of drug-likeness (QED) is 0.229. The Morgan fingerprint density at radius 3 is 2.49 bits per heavy atom. The molecule has 0 aliphatic carbocycles. The molecule has 10 heteroatoms. The van der Waals surface area contributed by atoms with Gasteiger partial charge in [0.05, 0.1) is 0 Å². The molecule has 0 amide bonds. The minimum Gasteiger partial charge on any atom is -0.484 e. The third kappa shape index (κ3) is 6.77. The molecule has 0 bridgehead atoms. The molecule has 35 heavy (non-hydrogen) atoms. The van der Waals surface area contributed by atoms with Gasteiger partial charge in [0.2, 0.25) is 0 Å². The Balaban J connectivity index is 1.32. The molecular formula is C25H23F3N2O4S. The molecule has 2 N–H and O–H groups in total. The zero-order valence-electron chi connectivity index (χ0n) is 18.5. The van der Waals surface area contributed by atoms with Gasteiger partial charge in [0, 0.05) is 29.7 Å². The third-order valence-electron chi connectivity index (χ3n) is 5.18. The summed E-state index contributed by atoms with van der Waals surface area (Å²) < 4.78 is 71.9. The smallest absolute Gasteiger partial charge is 0.422 e. The van der Waals surface area contributed by atoms with Gasteiger partial charge in [-0.05, 0) is 60.5 Å². The number of hydrogen-bond acceptors (Lipinski definition) is 5. The molecule has 4 rings (SSSR count). The van der Waals surface area contributed by atoms with E-state index in [2.05, 4.69) is 10.3 Å². The maximum atomic E-state index is 12.4. The van der Waals surface area contributed by atoms with Gasteiger partial charge in [0.25, 0.3) is 0 Å². The van der Waals surface area contributed by atoms with Crippen molar-refractivity contribution in [2.24, 2.45) is 0 Å². The van der Waals surface area contributed by atoms with Gasteiger partial charge in [-0.25, -0.2) is 0 Å².